The lowest BCUT2D eigenvalue weighted by Crippen LogP contribution is -2.42. The van der Waals surface area contributed by atoms with Gasteiger partial charge in [-0.15, -0.1) is 0 Å². The first-order chi connectivity index (χ1) is 8.59. The third-order valence-corrected chi connectivity index (χ3v) is 4.99. The van der Waals surface area contributed by atoms with Gasteiger partial charge >= 0.3 is 0 Å². The van der Waals surface area contributed by atoms with Crippen LogP contribution in [0.3, 0.4) is 0 Å². The molecule has 0 radical (unpaired) electrons. The average molecular weight is 246 g/mol. The van der Waals surface area contributed by atoms with Gasteiger partial charge in [0.15, 0.2) is 0 Å². The molecule has 1 saturated carbocycles. The summed E-state index contributed by atoms with van der Waals surface area (Å²) in [5, 5.41) is 0. The Kier molecular flexibility index (Phi) is 2.95. The summed E-state index contributed by atoms with van der Waals surface area (Å²) < 4.78 is 0. The molecule has 2 bridgehead atoms. The van der Waals surface area contributed by atoms with Crippen LogP contribution in [0.2, 0.25) is 0 Å². The van der Waals surface area contributed by atoms with Gasteiger partial charge in [0.25, 0.3) is 0 Å². The Bertz CT molecular complexity index is 412. The minimum atomic E-state index is 0.175. The molecule has 1 aromatic carbocycles. The first-order valence-corrected chi connectivity index (χ1v) is 6.96. The Balaban J connectivity index is 1.89. The number of fused-ring (bicyclic) bond motifs is 2. The maximum absolute atomic E-state index is 5.45. The zero-order valence-corrected chi connectivity index (χ0v) is 11.4. The predicted molar refractivity (Wildman–Crippen MR) is 71.1 cm³/mol. The largest absolute Gasteiger partial charge is 0.233 e. The Hall–Kier alpha value is -0.860. The Labute approximate surface area is 109 Å². The van der Waals surface area contributed by atoms with Gasteiger partial charge in [0.2, 0.25) is 0 Å². The fraction of sp³-hybridized carbons (Fsp3) is 0.625. The summed E-state index contributed by atoms with van der Waals surface area (Å²) >= 11 is 0. The fourth-order valence-corrected chi connectivity index (χ4v) is 3.72. The van der Waals surface area contributed by atoms with E-state index in [2.05, 4.69) is 51.1 Å². The van der Waals surface area contributed by atoms with Crippen LogP contribution in [0.15, 0.2) is 30.3 Å². The van der Waals surface area contributed by atoms with Crippen molar-refractivity contribution in [1.29, 1.82) is 0 Å². The molecule has 2 aliphatic rings. The Morgan fingerprint density at radius 3 is 2.50 bits per heavy atom. The van der Waals surface area contributed by atoms with Crippen LogP contribution in [0.1, 0.15) is 39.2 Å². The van der Waals surface area contributed by atoms with Crippen LogP contribution < -0.4 is 0 Å². The molecule has 2 heteroatoms. The summed E-state index contributed by atoms with van der Waals surface area (Å²) in [6.07, 6.45) is 2.78. The van der Waals surface area contributed by atoms with Crippen molar-refractivity contribution in [2.75, 3.05) is 0 Å². The van der Waals surface area contributed by atoms with Crippen LogP contribution >= 0.6 is 0 Å². The minimum absolute atomic E-state index is 0.175. The van der Waals surface area contributed by atoms with Crippen LogP contribution in [0.5, 0.6) is 0 Å². The van der Waals surface area contributed by atoms with Gasteiger partial charge in [-0.3, -0.25) is 0 Å². The molecule has 1 aromatic rings. The second-order valence-corrected chi connectivity index (χ2v) is 6.38. The molecule has 0 aromatic heterocycles. The van der Waals surface area contributed by atoms with Crippen LogP contribution in [-0.2, 0) is 15.2 Å². The molecular weight excluding hydrogens is 224 g/mol. The van der Waals surface area contributed by atoms with Crippen molar-refractivity contribution < 1.29 is 9.78 Å². The summed E-state index contributed by atoms with van der Waals surface area (Å²) in [5.74, 6) is 1.17. The molecule has 2 fully saturated rings. The van der Waals surface area contributed by atoms with Gasteiger partial charge < -0.3 is 0 Å². The molecule has 0 spiro atoms. The van der Waals surface area contributed by atoms with E-state index in [4.69, 9.17) is 9.78 Å². The van der Waals surface area contributed by atoms with Crippen molar-refractivity contribution in [3.8, 4) is 0 Å². The second-order valence-electron chi connectivity index (χ2n) is 6.38. The smallest absolute Gasteiger partial charge is 0.0984 e. The zero-order chi connectivity index (χ0) is 12.8. The standard InChI is InChI=1S/C16H22O2/c1-11-14(9-13-10-15(11)18-17-13)16(2,3)12-7-5-4-6-8-12/h4-8,11,13-15H,9-10H2,1-3H3. The lowest BCUT2D eigenvalue weighted by molar-refractivity contribution is -0.294. The van der Waals surface area contributed by atoms with E-state index in [-0.39, 0.29) is 11.5 Å². The molecule has 4 unspecified atom stereocenters. The number of hydrogen-bond donors (Lipinski definition) is 0. The summed E-state index contributed by atoms with van der Waals surface area (Å²) in [7, 11) is 0. The summed E-state index contributed by atoms with van der Waals surface area (Å²) in [6, 6.07) is 10.8. The first-order valence-electron chi connectivity index (χ1n) is 6.96. The van der Waals surface area contributed by atoms with Crippen molar-refractivity contribution >= 4 is 0 Å². The Morgan fingerprint density at radius 1 is 1.06 bits per heavy atom. The van der Waals surface area contributed by atoms with Crippen molar-refractivity contribution in [2.24, 2.45) is 11.8 Å². The van der Waals surface area contributed by atoms with Crippen LogP contribution in [0, 0.1) is 11.8 Å². The topological polar surface area (TPSA) is 18.5 Å². The highest BCUT2D eigenvalue weighted by Crippen LogP contribution is 2.47. The second kappa shape index (κ2) is 4.36. The van der Waals surface area contributed by atoms with Gasteiger partial charge in [-0.1, -0.05) is 51.1 Å². The molecular formula is C16H22O2. The van der Waals surface area contributed by atoms with Crippen molar-refractivity contribution in [3.63, 3.8) is 0 Å². The molecule has 1 aliphatic heterocycles. The maximum Gasteiger partial charge on any atom is 0.0984 e. The Morgan fingerprint density at radius 2 is 1.78 bits per heavy atom. The number of benzene rings is 1. The molecule has 2 nitrogen and oxygen atoms in total. The maximum atomic E-state index is 5.45. The molecule has 1 heterocycles. The molecule has 0 amide bonds. The zero-order valence-electron chi connectivity index (χ0n) is 11.4. The number of rotatable bonds is 2. The van der Waals surface area contributed by atoms with E-state index in [0.29, 0.717) is 17.9 Å². The van der Waals surface area contributed by atoms with E-state index in [1.807, 2.05) is 0 Å². The molecule has 4 atom stereocenters. The van der Waals surface area contributed by atoms with E-state index < -0.39 is 0 Å². The van der Waals surface area contributed by atoms with E-state index in [0.717, 1.165) is 12.8 Å². The van der Waals surface area contributed by atoms with Crippen LogP contribution in [-0.4, -0.2) is 12.2 Å². The molecule has 1 saturated heterocycles. The highest BCUT2D eigenvalue weighted by molar-refractivity contribution is 5.25. The average Bonchev–Trinajstić information content (AvgIpc) is 2.79. The monoisotopic (exact) mass is 246 g/mol. The third kappa shape index (κ3) is 1.88. The van der Waals surface area contributed by atoms with Crippen LogP contribution in [0.25, 0.3) is 0 Å². The van der Waals surface area contributed by atoms with E-state index in [9.17, 15) is 0 Å². The normalized spacial score (nSPS) is 35.7. The van der Waals surface area contributed by atoms with Crippen LogP contribution in [0.4, 0.5) is 0 Å². The molecule has 1 aliphatic carbocycles. The number of hydrogen-bond acceptors (Lipinski definition) is 2. The molecule has 0 N–H and O–H groups in total. The SMILES string of the molecule is CC1C2CC(CC1C(C)(C)c1ccccc1)OO2. The summed E-state index contributed by atoms with van der Waals surface area (Å²) in [4.78, 5) is 10.9. The van der Waals surface area contributed by atoms with Gasteiger partial charge in [-0.25, -0.2) is 9.78 Å². The van der Waals surface area contributed by atoms with Gasteiger partial charge in [0, 0.05) is 6.42 Å². The van der Waals surface area contributed by atoms with E-state index >= 15 is 0 Å². The fourth-order valence-electron chi connectivity index (χ4n) is 3.72. The highest BCUT2D eigenvalue weighted by atomic mass is 17.2. The minimum Gasteiger partial charge on any atom is -0.233 e. The van der Waals surface area contributed by atoms with Crippen molar-refractivity contribution in [1.82, 2.24) is 0 Å². The summed E-state index contributed by atoms with van der Waals surface area (Å²) in [5.41, 5.74) is 1.59. The van der Waals surface area contributed by atoms with Gasteiger partial charge in [-0.2, -0.15) is 0 Å². The quantitative estimate of drug-likeness (QED) is 0.741. The van der Waals surface area contributed by atoms with E-state index in [1.54, 1.807) is 0 Å². The molecule has 18 heavy (non-hydrogen) atoms. The predicted octanol–water partition coefficient (Wildman–Crippen LogP) is 3.71. The molecule has 3 rings (SSSR count). The van der Waals surface area contributed by atoms with Gasteiger partial charge in [0.1, 0.15) is 0 Å². The third-order valence-electron chi connectivity index (χ3n) is 4.99. The van der Waals surface area contributed by atoms with Gasteiger partial charge in [0.05, 0.1) is 12.2 Å². The first kappa shape index (κ1) is 12.2. The molecule has 98 valence electrons. The van der Waals surface area contributed by atoms with Crippen molar-refractivity contribution in [2.45, 2.75) is 51.2 Å². The van der Waals surface area contributed by atoms with E-state index in [1.165, 1.54) is 5.56 Å². The lowest BCUT2D eigenvalue weighted by Gasteiger charge is -2.42. The summed E-state index contributed by atoms with van der Waals surface area (Å²) in [6.45, 7) is 7.02. The van der Waals surface area contributed by atoms with Gasteiger partial charge in [-0.05, 0) is 29.2 Å². The highest BCUT2D eigenvalue weighted by Gasteiger charge is 2.48. The lowest BCUT2D eigenvalue weighted by atomic mass is 9.62. The van der Waals surface area contributed by atoms with Crippen molar-refractivity contribution in [3.05, 3.63) is 35.9 Å².